The number of methoxy groups -OCH3 is 1. The molecule has 3 N–H and O–H groups in total. The van der Waals surface area contributed by atoms with Crippen molar-refractivity contribution in [2.45, 2.75) is 0 Å². The second-order valence-electron chi connectivity index (χ2n) is 5.41. The second-order valence-corrected chi connectivity index (χ2v) is 5.80. The predicted molar refractivity (Wildman–Crippen MR) is 100 cm³/mol. The van der Waals surface area contributed by atoms with E-state index in [1.54, 1.807) is 19.4 Å². The maximum atomic E-state index is 8.60. The van der Waals surface area contributed by atoms with E-state index in [1.165, 1.54) is 0 Å². The van der Waals surface area contributed by atoms with Crippen LogP contribution in [0.2, 0.25) is 5.15 Å². The normalized spacial score (nSPS) is 11.6. The van der Waals surface area contributed by atoms with Gasteiger partial charge in [-0.1, -0.05) is 11.6 Å². The first-order valence-corrected chi connectivity index (χ1v) is 8.16. The number of nitrogens with one attached hydrogen (secondary N) is 1. The van der Waals surface area contributed by atoms with Gasteiger partial charge >= 0.3 is 0 Å². The number of nitrogens with zero attached hydrogens (tertiary/aromatic N) is 2. The van der Waals surface area contributed by atoms with Crippen LogP contribution in [0.5, 0.6) is 5.75 Å². The van der Waals surface area contributed by atoms with Crippen LogP contribution in [0.25, 0.3) is 16.6 Å². The Morgan fingerprint density at radius 2 is 1.88 bits per heavy atom. The number of fused-ring (bicyclic) bond motifs is 1. The van der Waals surface area contributed by atoms with Gasteiger partial charge in [-0.05, 0) is 42.5 Å². The topological polar surface area (TPSA) is 75.5 Å². The van der Waals surface area contributed by atoms with Gasteiger partial charge in [0.2, 0.25) is 0 Å². The van der Waals surface area contributed by atoms with Crippen LogP contribution in [0.15, 0.2) is 54.9 Å². The second kappa shape index (κ2) is 7.42. The van der Waals surface area contributed by atoms with Crippen LogP contribution in [0, 0.1) is 5.41 Å². The van der Waals surface area contributed by atoms with Crippen molar-refractivity contribution in [3.63, 3.8) is 0 Å². The molecule has 0 amide bonds. The van der Waals surface area contributed by atoms with Gasteiger partial charge in [0.05, 0.1) is 36.5 Å². The van der Waals surface area contributed by atoms with E-state index in [0.717, 1.165) is 28.0 Å². The number of rotatable bonds is 5. The van der Waals surface area contributed by atoms with Crippen molar-refractivity contribution in [3.8, 4) is 5.75 Å². The summed E-state index contributed by atoms with van der Waals surface area (Å²) in [4.78, 5) is 8.75. The van der Waals surface area contributed by atoms with Crippen molar-refractivity contribution in [2.75, 3.05) is 14.2 Å². The molecule has 0 spiro atoms. The number of benzene rings is 1. The number of halogens is 1. The number of ether oxygens (including phenoxy) is 1. The van der Waals surface area contributed by atoms with E-state index in [4.69, 9.17) is 21.7 Å². The Balaban J connectivity index is 2.03. The van der Waals surface area contributed by atoms with Gasteiger partial charge in [-0.3, -0.25) is 10.4 Å². The SMILES string of the molecule is C[NH2+]/C=C(\C(=N)c1ccc(OC)cc1)c1cnc2ccc(Cl)nc2c1. The van der Waals surface area contributed by atoms with Gasteiger partial charge in [0, 0.05) is 17.3 Å². The Kier molecular flexibility index (Phi) is 5.07. The molecule has 0 aliphatic heterocycles. The molecule has 3 rings (SSSR count). The van der Waals surface area contributed by atoms with Gasteiger partial charge in [0.25, 0.3) is 0 Å². The fraction of sp³-hybridized carbons (Fsp3) is 0.105. The molecule has 0 radical (unpaired) electrons. The summed E-state index contributed by atoms with van der Waals surface area (Å²) in [6.07, 6.45) is 3.66. The minimum absolute atomic E-state index is 0.406. The lowest BCUT2D eigenvalue weighted by molar-refractivity contribution is -0.555. The molecular formula is C19H18ClN4O+. The molecule has 0 saturated heterocycles. The monoisotopic (exact) mass is 353 g/mol. The third kappa shape index (κ3) is 3.68. The summed E-state index contributed by atoms with van der Waals surface area (Å²) in [5.41, 5.74) is 4.26. The summed E-state index contributed by atoms with van der Waals surface area (Å²) < 4.78 is 5.18. The highest BCUT2D eigenvalue weighted by atomic mass is 35.5. The highest BCUT2D eigenvalue weighted by Crippen LogP contribution is 2.23. The van der Waals surface area contributed by atoms with E-state index in [9.17, 15) is 0 Å². The van der Waals surface area contributed by atoms with Gasteiger partial charge < -0.3 is 10.1 Å². The van der Waals surface area contributed by atoms with Crippen molar-refractivity contribution in [3.05, 3.63) is 71.1 Å². The molecule has 0 unspecified atom stereocenters. The standard InChI is InChI=1S/C19H17ClN4O/c1-22-11-15(19(21)12-3-5-14(25-2)6-4-12)13-9-17-16(23-10-13)7-8-18(20)24-17/h3-11,21-22H,1-2H3/p+1/b15-11-,21-19?. The first-order valence-electron chi connectivity index (χ1n) is 7.78. The first kappa shape index (κ1) is 17.1. The highest BCUT2D eigenvalue weighted by molar-refractivity contribution is 6.30. The minimum Gasteiger partial charge on any atom is -0.497 e. The van der Waals surface area contributed by atoms with Crippen LogP contribution in [0.3, 0.4) is 0 Å². The molecule has 126 valence electrons. The number of hydrogen-bond acceptors (Lipinski definition) is 4. The van der Waals surface area contributed by atoms with Crippen molar-refractivity contribution < 1.29 is 10.1 Å². The fourth-order valence-electron chi connectivity index (χ4n) is 2.53. The lowest BCUT2D eigenvalue weighted by Gasteiger charge is -2.10. The highest BCUT2D eigenvalue weighted by Gasteiger charge is 2.14. The Hall–Kier alpha value is -2.76. The summed E-state index contributed by atoms with van der Waals surface area (Å²) in [6.45, 7) is 0. The van der Waals surface area contributed by atoms with E-state index in [1.807, 2.05) is 55.0 Å². The molecule has 25 heavy (non-hydrogen) atoms. The molecule has 0 fully saturated rings. The molecular weight excluding hydrogens is 336 g/mol. The fourth-order valence-corrected chi connectivity index (χ4v) is 2.69. The van der Waals surface area contributed by atoms with E-state index in [0.29, 0.717) is 16.4 Å². The Bertz CT molecular complexity index is 951. The van der Waals surface area contributed by atoms with Crippen LogP contribution in [0.4, 0.5) is 0 Å². The maximum Gasteiger partial charge on any atom is 0.129 e. The molecule has 2 aromatic heterocycles. The lowest BCUT2D eigenvalue weighted by Crippen LogP contribution is -2.73. The average Bonchev–Trinajstić information content (AvgIpc) is 2.65. The van der Waals surface area contributed by atoms with Gasteiger partial charge in [0.1, 0.15) is 17.1 Å². The van der Waals surface area contributed by atoms with Crippen molar-refractivity contribution >= 4 is 33.9 Å². The molecule has 0 bridgehead atoms. The summed E-state index contributed by atoms with van der Waals surface area (Å²) in [5.74, 6) is 0.760. The molecule has 3 aromatic rings. The number of pyridine rings is 2. The summed E-state index contributed by atoms with van der Waals surface area (Å²) in [6, 6.07) is 12.9. The summed E-state index contributed by atoms with van der Waals surface area (Å²) >= 11 is 5.98. The zero-order valence-electron chi connectivity index (χ0n) is 14.0. The minimum atomic E-state index is 0.406. The molecule has 0 aliphatic rings. The molecule has 0 aliphatic carbocycles. The van der Waals surface area contributed by atoms with E-state index < -0.39 is 0 Å². The number of nitrogens with two attached hydrogens (primary N) is 1. The van der Waals surface area contributed by atoms with Crippen LogP contribution in [0.1, 0.15) is 11.1 Å². The first-order chi connectivity index (χ1) is 12.1. The van der Waals surface area contributed by atoms with E-state index in [-0.39, 0.29) is 0 Å². The van der Waals surface area contributed by atoms with Crippen molar-refractivity contribution in [1.82, 2.24) is 9.97 Å². The van der Waals surface area contributed by atoms with E-state index >= 15 is 0 Å². The molecule has 6 heteroatoms. The summed E-state index contributed by atoms with van der Waals surface area (Å²) in [7, 11) is 3.54. The van der Waals surface area contributed by atoms with E-state index in [2.05, 4.69) is 9.97 Å². The third-order valence-corrected chi connectivity index (χ3v) is 4.01. The molecule has 0 atom stereocenters. The Morgan fingerprint density at radius 1 is 1.12 bits per heavy atom. The summed E-state index contributed by atoms with van der Waals surface area (Å²) in [5, 5.41) is 10.9. The van der Waals surface area contributed by atoms with Gasteiger partial charge in [0.15, 0.2) is 0 Å². The zero-order valence-corrected chi connectivity index (χ0v) is 14.7. The zero-order chi connectivity index (χ0) is 17.8. The number of quaternary nitrogens is 1. The Labute approximate surface area is 150 Å². The predicted octanol–water partition coefficient (Wildman–Crippen LogP) is 2.89. The Morgan fingerprint density at radius 3 is 2.56 bits per heavy atom. The number of allylic oxidation sites excluding steroid dienone is 1. The van der Waals surface area contributed by atoms with Crippen LogP contribution in [-0.2, 0) is 0 Å². The molecule has 5 nitrogen and oxygen atoms in total. The largest absolute Gasteiger partial charge is 0.497 e. The molecule has 1 aromatic carbocycles. The molecule has 2 heterocycles. The average molecular weight is 354 g/mol. The lowest BCUT2D eigenvalue weighted by atomic mass is 9.97. The van der Waals surface area contributed by atoms with Gasteiger partial charge in [-0.2, -0.15) is 0 Å². The molecule has 0 saturated carbocycles. The third-order valence-electron chi connectivity index (χ3n) is 3.80. The maximum absolute atomic E-state index is 8.60. The smallest absolute Gasteiger partial charge is 0.129 e. The van der Waals surface area contributed by atoms with Crippen LogP contribution >= 0.6 is 11.6 Å². The van der Waals surface area contributed by atoms with Gasteiger partial charge in [-0.15, -0.1) is 0 Å². The quantitative estimate of drug-likeness (QED) is 0.547. The van der Waals surface area contributed by atoms with Crippen LogP contribution < -0.4 is 10.1 Å². The van der Waals surface area contributed by atoms with Crippen molar-refractivity contribution in [2.24, 2.45) is 0 Å². The number of aromatic nitrogens is 2. The van der Waals surface area contributed by atoms with Crippen LogP contribution in [-0.4, -0.2) is 29.8 Å². The number of hydrogen-bond donors (Lipinski definition) is 2. The van der Waals surface area contributed by atoms with Crippen molar-refractivity contribution in [1.29, 1.82) is 5.41 Å². The van der Waals surface area contributed by atoms with Gasteiger partial charge in [-0.25, -0.2) is 4.98 Å².